The summed E-state index contributed by atoms with van der Waals surface area (Å²) in [6.07, 6.45) is -1.88. The summed E-state index contributed by atoms with van der Waals surface area (Å²) in [5, 5.41) is 0. The van der Waals surface area contributed by atoms with Crippen LogP contribution in [-0.2, 0) is 124 Å². The van der Waals surface area contributed by atoms with Crippen molar-refractivity contribution in [3.63, 3.8) is 0 Å². The minimum atomic E-state index is -5.62. The van der Waals surface area contributed by atoms with Gasteiger partial charge in [0.2, 0.25) is 6.80 Å². The van der Waals surface area contributed by atoms with Gasteiger partial charge in [-0.25, -0.2) is 27.3 Å². The highest BCUT2D eigenvalue weighted by molar-refractivity contribution is 9.11. The van der Waals surface area contributed by atoms with Gasteiger partial charge >= 0.3 is 7.75 Å². The number of nitrogens with two attached hydrogens (primary N) is 1. The third-order valence-electron chi connectivity index (χ3n) is 3.07. The molecule has 0 amide bonds. The zero-order valence-electron chi connectivity index (χ0n) is 32.1. The van der Waals surface area contributed by atoms with E-state index in [9.17, 15) is 128 Å². The maximum absolute atomic E-state index is 10.8. The SMILES string of the molecule is COP(=O)([O-])SP(=O)([O-])OP(=O)([O-])O.COP(=O)([O-])SP(=O)([O-])SP(=O)([O-])O.COP(N)(=O)OP(=O)([O-])OP(=O)([O-])O.CSP(=O)([O-])OP(=O)([O-])OP(=O)([O-])O.[BH3-]P(=S)(OC)OP(=O)([O-])OP(=O)([O-])O. The van der Waals surface area contributed by atoms with Gasteiger partial charge in [-0.05, 0) is 39.3 Å². The summed E-state index contributed by atoms with van der Waals surface area (Å²) >= 11 is 2.33. The maximum Gasteiger partial charge on any atom is 0.409 e. The Hall–Kier alpha value is 4.13. The molecule has 0 heterocycles. The fourth-order valence-electron chi connectivity index (χ4n) is 1.46. The maximum atomic E-state index is 10.8. The van der Waals surface area contributed by atoms with Crippen molar-refractivity contribution in [2.45, 2.75) is 0 Å². The second-order valence-electron chi connectivity index (χ2n) is 8.41. The lowest BCUT2D eigenvalue weighted by atomic mass is 10.8. The second kappa shape index (κ2) is 32.0. The van der Waals surface area contributed by atoms with Crippen LogP contribution in [0.1, 0.15) is 0 Å². The monoisotopic (exact) mass is 1420 g/mol. The highest BCUT2D eigenvalue weighted by Gasteiger charge is 2.28. The summed E-state index contributed by atoms with van der Waals surface area (Å²) in [6, 6.07) is 0. The van der Waals surface area contributed by atoms with Crippen LogP contribution < -0.4 is 69.1 Å². The highest BCUT2D eigenvalue weighted by Crippen LogP contribution is 2.82. The molecule has 0 rings (SSSR count). The van der Waals surface area contributed by atoms with E-state index in [1.807, 2.05) is 0 Å². The van der Waals surface area contributed by atoms with E-state index in [2.05, 4.69) is 65.6 Å². The van der Waals surface area contributed by atoms with Gasteiger partial charge in [0.25, 0.3) is 54.8 Å². The van der Waals surface area contributed by atoms with Gasteiger partial charge in [-0.15, -0.1) is 0 Å². The Labute approximate surface area is 410 Å². The van der Waals surface area contributed by atoms with Gasteiger partial charge in [0, 0.05) is 34.8 Å². The van der Waals surface area contributed by atoms with Crippen LogP contribution in [0.25, 0.3) is 0 Å². The van der Waals surface area contributed by atoms with Gasteiger partial charge in [-0.1, -0.05) is 23.2 Å². The first-order chi connectivity index (χ1) is 29.9. The van der Waals surface area contributed by atoms with Gasteiger partial charge in [-0.2, -0.15) is 0 Å². The molecule has 0 aromatic rings. The van der Waals surface area contributed by atoms with Crippen molar-refractivity contribution in [1.29, 1.82) is 0 Å². The molecule has 0 aliphatic rings. The lowest BCUT2D eigenvalue weighted by Gasteiger charge is -2.32. The molecule has 44 nitrogen and oxygen atoms in total. The Bertz CT molecular complexity index is 2040. The fraction of sp³-hybridized carbons (Fsp3) is 1.00. The molecule has 0 aromatic heterocycles. The van der Waals surface area contributed by atoms with Gasteiger partial charge in [0.15, 0.2) is 27.2 Å². The molecule has 15 atom stereocenters. The smallest absolute Gasteiger partial charge is 0.409 e. The average Bonchev–Trinajstić information content (AvgIpc) is 2.97. The summed E-state index contributed by atoms with van der Waals surface area (Å²) in [7, 11) is -40.3. The molecule has 0 bridgehead atoms. The van der Waals surface area contributed by atoms with Gasteiger partial charge in [0.1, 0.15) is 5.77 Å². The quantitative estimate of drug-likeness (QED) is 0.0366. The molecular formula is C5H25BNO43P15S5-14. The van der Waals surface area contributed by atoms with Crippen molar-refractivity contribution < 1.29 is 200 Å². The van der Waals surface area contributed by atoms with Crippen molar-refractivity contribution in [2.24, 2.45) is 5.50 Å². The summed E-state index contributed by atoms with van der Waals surface area (Å²) < 4.78 is 185. The van der Waals surface area contributed by atoms with Crippen molar-refractivity contribution in [3.8, 4) is 0 Å². The molecule has 0 aromatic carbocycles. The molecule has 0 saturated heterocycles. The lowest BCUT2D eigenvalue weighted by molar-refractivity contribution is -0.243. The third-order valence-corrected chi connectivity index (χ3v) is 40.1. The van der Waals surface area contributed by atoms with Gasteiger partial charge in [0.05, 0.1) is 7.57 Å². The van der Waals surface area contributed by atoms with E-state index in [0.717, 1.165) is 27.6 Å². The van der Waals surface area contributed by atoms with Gasteiger partial charge in [-0.3, -0.25) is 67.7 Å². The van der Waals surface area contributed by atoms with E-state index in [1.54, 1.807) is 0 Å². The molecule has 0 fully saturated rings. The van der Waals surface area contributed by atoms with Crippen LogP contribution in [0.5, 0.6) is 0 Å². The normalized spacial score (nSPS) is 24.6. The molecule has 430 valence electrons. The summed E-state index contributed by atoms with van der Waals surface area (Å²) in [5.74, 6) is -4.90. The minimum Gasteiger partial charge on any atom is -0.783 e. The largest absolute Gasteiger partial charge is 0.783 e. The number of hydrogen-bond donors (Lipinski definition) is 6. The number of rotatable bonds is 25. The highest BCUT2D eigenvalue weighted by atomic mass is 33.4. The van der Waals surface area contributed by atoms with Crippen molar-refractivity contribution in [1.82, 2.24) is 0 Å². The van der Waals surface area contributed by atoms with Crippen LogP contribution in [0.3, 0.4) is 0 Å². The van der Waals surface area contributed by atoms with E-state index in [1.165, 1.54) is 0 Å². The van der Waals surface area contributed by atoms with Crippen LogP contribution >= 0.6 is 153 Å². The molecule has 0 saturated carbocycles. The van der Waals surface area contributed by atoms with Crippen LogP contribution in [0, 0.1) is 0 Å². The van der Waals surface area contributed by atoms with E-state index in [0.29, 0.717) is 7.11 Å². The van der Waals surface area contributed by atoms with Crippen molar-refractivity contribution in [3.05, 3.63) is 0 Å². The number of hydrogen-bond acceptors (Lipinski definition) is 43. The predicted octanol–water partition coefficient (Wildman–Crippen LogP) is -6.10. The molecule has 15 unspecified atom stereocenters. The van der Waals surface area contributed by atoms with Crippen molar-refractivity contribution >= 4 is 172 Å². The van der Waals surface area contributed by atoms with Crippen LogP contribution in [0.15, 0.2) is 0 Å². The first kappa shape index (κ1) is 83.0. The lowest BCUT2D eigenvalue weighted by Crippen LogP contribution is -2.13. The first-order valence-corrected chi connectivity index (χ1v) is 44.4. The average molecular weight is 1420 g/mol. The Morgan fingerprint density at radius 1 is 0.414 bits per heavy atom. The fourth-order valence-corrected chi connectivity index (χ4v) is 33.7. The predicted molar refractivity (Wildman–Crippen MR) is 218 cm³/mol. The molecule has 0 aliphatic heterocycles. The summed E-state index contributed by atoms with van der Waals surface area (Å²) in [5.41, 5.74) is 4.61. The van der Waals surface area contributed by atoms with Crippen molar-refractivity contribution in [2.75, 3.05) is 34.7 Å². The topological polar surface area (TPSA) is 767 Å². The third kappa shape index (κ3) is 58.3. The Morgan fingerprint density at radius 2 is 0.714 bits per heavy atom. The van der Waals surface area contributed by atoms with Gasteiger partial charge < -0.3 is 111 Å². The second-order valence-corrected chi connectivity index (χ2v) is 46.9. The molecule has 0 aliphatic carbocycles. The van der Waals surface area contributed by atoms with E-state index in [4.69, 9.17) is 24.5 Å². The molecule has 70 heavy (non-hydrogen) atoms. The van der Waals surface area contributed by atoms with E-state index < -0.39 is 149 Å². The minimum absolute atomic E-state index is 0.0321. The van der Waals surface area contributed by atoms with E-state index >= 15 is 0 Å². The Morgan fingerprint density at radius 3 is 0.971 bits per heavy atom. The zero-order valence-corrected chi connectivity index (χ0v) is 49.6. The molecular weight excluding hydrogens is 1400 g/mol. The standard InChI is InChI=1S/CH9BO8P3S.CH8NO9P3.2CH7O9P3S.CH7O8P3S2/c1-8-11(2,14)9-13(6,7)10-12(3,4)5;1-9-12(2,3)10-14(7,8)11-13(4,5)6;1-14-13(7,8)10-12(5,6)9-11(2,3)4;1-9-12(5,6)14-13(7,8)10-11(2,3)4;1-9-11(5,6)14-12(7,8)13-10(2,3)4/h1-2H3,(H,6,7)(H2,3,4,5);1H3,(H2,2,3)(H,7,8)(H2,4,5,6);3*1H3,(H,5,6)(H,7,8)(H2,2,3,4)/q-1;;;;/p-13. The summed E-state index contributed by atoms with van der Waals surface area (Å²) in [4.78, 5) is 175. The summed E-state index contributed by atoms with van der Waals surface area (Å²) in [6.45, 7) is -24.7. The zero-order chi connectivity index (χ0) is 58.1. The van der Waals surface area contributed by atoms with Crippen LogP contribution in [0.2, 0.25) is 0 Å². The molecule has 0 spiro atoms. The van der Waals surface area contributed by atoms with Crippen LogP contribution in [-0.4, -0.2) is 66.7 Å². The first-order valence-electron chi connectivity index (χ1n) is 13.0. The van der Waals surface area contributed by atoms with Crippen LogP contribution in [0.4, 0.5) is 0 Å². The molecule has 0 radical (unpaired) electrons. The molecule has 7 N–H and O–H groups in total. The Balaban J connectivity index is -0.000000251. The number of phosphoric acid groups is 7. The molecule has 65 heteroatoms. The van der Waals surface area contributed by atoms with E-state index in [-0.39, 0.29) is 11.4 Å². The Kier molecular flexibility index (Phi) is 37.9.